The van der Waals surface area contributed by atoms with Crippen molar-refractivity contribution in [3.05, 3.63) is 24.3 Å². The van der Waals surface area contributed by atoms with Gasteiger partial charge in [0.15, 0.2) is 0 Å². The highest BCUT2D eigenvalue weighted by Gasteiger charge is 2.20. The summed E-state index contributed by atoms with van der Waals surface area (Å²) in [4.78, 5) is 24.6. The third-order valence-electron chi connectivity index (χ3n) is 2.68. The van der Waals surface area contributed by atoms with E-state index in [1.54, 1.807) is 24.3 Å². The zero-order valence-electron chi connectivity index (χ0n) is 11.8. The Morgan fingerprint density at radius 2 is 1.84 bits per heavy atom. The molecule has 0 bridgehead atoms. The molecule has 1 rings (SSSR count). The maximum Gasteiger partial charge on any atom is 0.328 e. The number of carbonyl (C=O) groups excluding carboxylic acids is 2. The summed E-state index contributed by atoms with van der Waals surface area (Å²) in [7, 11) is 3.69. The molecule has 1 aromatic rings. The molecule has 5 heteroatoms. The van der Waals surface area contributed by atoms with Crippen LogP contribution in [0.5, 0.6) is 5.75 Å². The van der Waals surface area contributed by atoms with E-state index in [4.69, 9.17) is 4.74 Å². The number of anilines is 1. The van der Waals surface area contributed by atoms with E-state index < -0.39 is 0 Å². The number of nitrogens with zero attached hydrogens (tertiary/aromatic N) is 1. The van der Waals surface area contributed by atoms with Crippen LogP contribution in [0.4, 0.5) is 5.69 Å². The lowest BCUT2D eigenvalue weighted by Crippen LogP contribution is -2.38. The van der Waals surface area contributed by atoms with Gasteiger partial charge in [0, 0.05) is 12.6 Å². The zero-order chi connectivity index (χ0) is 14.4. The van der Waals surface area contributed by atoms with Crippen molar-refractivity contribution in [2.24, 2.45) is 0 Å². The number of amides is 1. The molecule has 0 aliphatic rings. The average Bonchev–Trinajstić information content (AvgIpc) is 2.31. The normalized spacial score (nSPS) is 12.1. The number of rotatable bonds is 5. The third-order valence-corrected chi connectivity index (χ3v) is 2.68. The highest BCUT2D eigenvalue weighted by atomic mass is 16.5. The summed E-state index contributed by atoms with van der Waals surface area (Å²) < 4.78 is 5.30. The van der Waals surface area contributed by atoms with Crippen molar-refractivity contribution in [3.63, 3.8) is 0 Å². The lowest BCUT2D eigenvalue weighted by Gasteiger charge is -2.20. The molecular weight excluding hydrogens is 244 g/mol. The van der Waals surface area contributed by atoms with Gasteiger partial charge in [-0.15, -0.1) is 0 Å². The monoisotopic (exact) mass is 264 g/mol. The molecule has 0 aromatic heterocycles. The van der Waals surface area contributed by atoms with Crippen molar-refractivity contribution in [1.82, 2.24) is 4.90 Å². The molecule has 1 atom stereocenters. The van der Waals surface area contributed by atoms with Crippen molar-refractivity contribution < 1.29 is 14.3 Å². The van der Waals surface area contributed by atoms with Crippen LogP contribution < -0.4 is 10.1 Å². The fourth-order valence-electron chi connectivity index (χ4n) is 1.74. The van der Waals surface area contributed by atoms with Crippen LogP contribution in [0.3, 0.4) is 0 Å². The molecule has 0 aliphatic carbocycles. The number of hydrogen-bond donors (Lipinski definition) is 1. The van der Waals surface area contributed by atoms with Crippen molar-refractivity contribution in [3.8, 4) is 5.75 Å². The number of benzene rings is 1. The van der Waals surface area contributed by atoms with Crippen molar-refractivity contribution >= 4 is 17.6 Å². The maximum absolute atomic E-state index is 11.9. The average molecular weight is 264 g/mol. The highest BCUT2D eigenvalue weighted by Crippen LogP contribution is 2.17. The van der Waals surface area contributed by atoms with Gasteiger partial charge in [-0.3, -0.25) is 9.69 Å². The summed E-state index contributed by atoms with van der Waals surface area (Å²) in [6.07, 6.45) is 0.690. The number of nitrogens with one attached hydrogen (secondary N) is 1. The Morgan fingerprint density at radius 3 is 2.26 bits per heavy atom. The highest BCUT2D eigenvalue weighted by molar-refractivity contribution is 5.88. The smallest absolute Gasteiger partial charge is 0.328 e. The Labute approximate surface area is 113 Å². The number of hydrogen-bond acceptors (Lipinski definition) is 4. The second kappa shape index (κ2) is 6.89. The Balaban J connectivity index is 2.67. The number of carbonyl (C=O) groups is 2. The molecule has 104 valence electrons. The van der Waals surface area contributed by atoms with E-state index in [0.29, 0.717) is 17.9 Å². The first kappa shape index (κ1) is 15.2. The zero-order valence-corrected chi connectivity index (χ0v) is 11.8. The Kier molecular flexibility index (Phi) is 5.51. The summed E-state index contributed by atoms with van der Waals surface area (Å²) in [5.74, 6) is 0.0579. The minimum atomic E-state index is -0.278. The lowest BCUT2D eigenvalue weighted by atomic mass is 10.2. The van der Waals surface area contributed by atoms with Gasteiger partial charge in [0.2, 0.25) is 5.91 Å². The van der Waals surface area contributed by atoms with E-state index in [9.17, 15) is 9.59 Å². The van der Waals surface area contributed by atoms with E-state index in [1.807, 2.05) is 25.9 Å². The predicted octanol–water partition coefficient (Wildman–Crippen LogP) is 1.89. The minimum Gasteiger partial charge on any atom is -0.425 e. The van der Waals surface area contributed by atoms with E-state index in [-0.39, 0.29) is 17.9 Å². The second-order valence-electron chi connectivity index (χ2n) is 4.51. The Morgan fingerprint density at radius 1 is 1.26 bits per heavy atom. The molecule has 0 radical (unpaired) electrons. The number of esters is 1. The van der Waals surface area contributed by atoms with Crippen LogP contribution in [0.25, 0.3) is 0 Å². The molecule has 1 unspecified atom stereocenters. The largest absolute Gasteiger partial charge is 0.425 e. The van der Waals surface area contributed by atoms with Gasteiger partial charge in [-0.05, 0) is 44.8 Å². The van der Waals surface area contributed by atoms with Gasteiger partial charge >= 0.3 is 5.97 Å². The molecule has 19 heavy (non-hydrogen) atoms. The maximum atomic E-state index is 11.9. The lowest BCUT2D eigenvalue weighted by molar-refractivity contribution is -0.139. The van der Waals surface area contributed by atoms with E-state index >= 15 is 0 Å². The van der Waals surface area contributed by atoms with E-state index in [1.165, 1.54) is 6.92 Å². The summed E-state index contributed by atoms with van der Waals surface area (Å²) >= 11 is 0. The fourth-order valence-corrected chi connectivity index (χ4v) is 1.74. The van der Waals surface area contributed by atoms with Gasteiger partial charge in [0.25, 0.3) is 0 Å². The van der Waals surface area contributed by atoms with Gasteiger partial charge in [0.1, 0.15) is 11.8 Å². The third kappa shape index (κ3) is 4.71. The topological polar surface area (TPSA) is 58.6 Å². The molecule has 1 amide bonds. The van der Waals surface area contributed by atoms with Crippen LogP contribution in [0.2, 0.25) is 0 Å². The quantitative estimate of drug-likeness (QED) is 0.651. The van der Waals surface area contributed by atoms with Gasteiger partial charge in [0.05, 0.1) is 0 Å². The molecule has 5 nitrogen and oxygen atoms in total. The fraction of sp³-hybridized carbons (Fsp3) is 0.429. The first-order valence-corrected chi connectivity index (χ1v) is 6.19. The van der Waals surface area contributed by atoms with Gasteiger partial charge in [-0.2, -0.15) is 0 Å². The molecule has 0 heterocycles. The van der Waals surface area contributed by atoms with Crippen LogP contribution in [-0.4, -0.2) is 36.9 Å². The molecular formula is C14H20N2O3. The first-order valence-electron chi connectivity index (χ1n) is 6.19. The van der Waals surface area contributed by atoms with Gasteiger partial charge in [-0.1, -0.05) is 6.92 Å². The Hall–Kier alpha value is -1.88. The molecule has 1 aromatic carbocycles. The minimum absolute atomic E-state index is 0.136. The first-order chi connectivity index (χ1) is 8.93. The van der Waals surface area contributed by atoms with Crippen molar-refractivity contribution in [2.75, 3.05) is 19.4 Å². The van der Waals surface area contributed by atoms with Crippen LogP contribution in [0.1, 0.15) is 20.3 Å². The van der Waals surface area contributed by atoms with Crippen LogP contribution in [-0.2, 0) is 9.59 Å². The number of ether oxygens (including phenoxy) is 1. The SMILES string of the molecule is CCC(C(=O)Oc1ccc(NC(C)=O)cc1)N(C)C. The van der Waals surface area contributed by atoms with Crippen LogP contribution >= 0.6 is 0 Å². The molecule has 0 aliphatic heterocycles. The van der Waals surface area contributed by atoms with E-state index in [0.717, 1.165) is 0 Å². The summed E-state index contributed by atoms with van der Waals surface area (Å²) in [6, 6.07) is 6.45. The molecule has 0 spiro atoms. The van der Waals surface area contributed by atoms with Crippen molar-refractivity contribution in [2.45, 2.75) is 26.3 Å². The molecule has 0 saturated carbocycles. The predicted molar refractivity (Wildman–Crippen MR) is 74.1 cm³/mol. The summed E-state index contributed by atoms with van der Waals surface area (Å²) in [5.41, 5.74) is 0.673. The van der Waals surface area contributed by atoms with Crippen LogP contribution in [0, 0.1) is 0 Å². The number of likely N-dealkylation sites (N-methyl/N-ethyl adjacent to an activating group) is 1. The standard InChI is InChI=1S/C14H20N2O3/c1-5-13(16(3)4)14(18)19-12-8-6-11(7-9-12)15-10(2)17/h6-9,13H,5H2,1-4H3,(H,15,17). The van der Waals surface area contributed by atoms with Crippen molar-refractivity contribution in [1.29, 1.82) is 0 Å². The van der Waals surface area contributed by atoms with Crippen LogP contribution in [0.15, 0.2) is 24.3 Å². The summed E-state index contributed by atoms with van der Waals surface area (Å²) in [5, 5.41) is 2.65. The van der Waals surface area contributed by atoms with E-state index in [2.05, 4.69) is 5.32 Å². The Bertz CT molecular complexity index is 441. The molecule has 1 N–H and O–H groups in total. The molecule has 0 fully saturated rings. The second-order valence-corrected chi connectivity index (χ2v) is 4.51. The summed E-state index contributed by atoms with van der Waals surface area (Å²) in [6.45, 7) is 3.38. The molecule has 0 saturated heterocycles. The van der Waals surface area contributed by atoms with Gasteiger partial charge in [-0.25, -0.2) is 4.79 Å². The van der Waals surface area contributed by atoms with Gasteiger partial charge < -0.3 is 10.1 Å².